The van der Waals surface area contributed by atoms with Gasteiger partial charge in [0, 0.05) is 56.0 Å². The van der Waals surface area contributed by atoms with Gasteiger partial charge in [-0.05, 0) is 36.4 Å². The van der Waals surface area contributed by atoms with E-state index in [9.17, 15) is 20.4 Å². The number of thiol groups is 1. The number of piperazine rings is 2. The summed E-state index contributed by atoms with van der Waals surface area (Å²) in [6.45, 7) is 9.19. The Morgan fingerprint density at radius 2 is 1.89 bits per heavy atom. The number of aromatic nitrogens is 1. The molecule has 45 heavy (non-hydrogen) atoms. The van der Waals surface area contributed by atoms with Gasteiger partial charge in [-0.1, -0.05) is 43.0 Å². The SMILES string of the molecule is C=CC(O)N1CC[N+](S)(c2nc(N3CCN(C)CC3)c(C#N)c3c2CCN(C(=O)c2cccc4ccccc24)C3)CC1CC#N. The van der Waals surface area contributed by atoms with Crippen LogP contribution in [0, 0.1) is 22.7 Å². The number of pyridine rings is 1. The number of hydrogen-bond acceptors (Lipinski definition) is 9. The molecule has 0 spiro atoms. The maximum absolute atomic E-state index is 14.1. The molecule has 3 unspecified atom stereocenters. The van der Waals surface area contributed by atoms with Crippen LogP contribution in [0.5, 0.6) is 0 Å². The minimum absolute atomic E-state index is 0.0586. The van der Waals surface area contributed by atoms with Gasteiger partial charge in [-0.2, -0.15) is 15.5 Å². The van der Waals surface area contributed by atoms with Gasteiger partial charge in [-0.3, -0.25) is 9.69 Å². The third-order valence-electron chi connectivity index (χ3n) is 9.56. The van der Waals surface area contributed by atoms with E-state index in [4.69, 9.17) is 17.8 Å². The fourth-order valence-electron chi connectivity index (χ4n) is 7.03. The van der Waals surface area contributed by atoms with Crippen molar-refractivity contribution in [3.05, 3.63) is 77.4 Å². The van der Waals surface area contributed by atoms with Crippen LogP contribution < -0.4 is 8.79 Å². The van der Waals surface area contributed by atoms with Crippen molar-refractivity contribution >= 4 is 41.1 Å². The lowest BCUT2D eigenvalue weighted by Crippen LogP contribution is -2.62. The van der Waals surface area contributed by atoms with Crippen molar-refractivity contribution in [3.63, 3.8) is 0 Å². The lowest BCUT2D eigenvalue weighted by atomic mass is 9.93. The molecule has 6 rings (SSSR count). The second-order valence-corrected chi connectivity index (χ2v) is 13.0. The summed E-state index contributed by atoms with van der Waals surface area (Å²) in [6, 6.07) is 18.2. The number of hydrogen-bond donors (Lipinski definition) is 2. The zero-order chi connectivity index (χ0) is 31.7. The molecule has 10 nitrogen and oxygen atoms in total. The zero-order valence-corrected chi connectivity index (χ0v) is 26.5. The van der Waals surface area contributed by atoms with Crippen molar-refractivity contribution in [2.75, 3.05) is 64.3 Å². The predicted octanol–water partition coefficient (Wildman–Crippen LogP) is 3.31. The van der Waals surface area contributed by atoms with Crippen LogP contribution in [0.15, 0.2) is 55.1 Å². The molecule has 3 aliphatic rings. The highest BCUT2D eigenvalue weighted by Crippen LogP contribution is 2.41. The molecule has 1 N–H and O–H groups in total. The van der Waals surface area contributed by atoms with E-state index >= 15 is 0 Å². The number of amides is 1. The molecule has 2 aromatic carbocycles. The second kappa shape index (κ2) is 12.8. The van der Waals surface area contributed by atoms with E-state index in [1.54, 1.807) is 0 Å². The minimum atomic E-state index is -0.859. The van der Waals surface area contributed by atoms with Gasteiger partial charge in [-0.25, -0.2) is 3.89 Å². The predicted molar refractivity (Wildman–Crippen MR) is 178 cm³/mol. The molecule has 0 saturated carbocycles. The summed E-state index contributed by atoms with van der Waals surface area (Å²) in [4.78, 5) is 27.5. The fraction of sp³-hybridized carbons (Fsp3) is 0.412. The average molecular weight is 624 g/mol. The third-order valence-corrected chi connectivity index (χ3v) is 10.1. The van der Waals surface area contributed by atoms with Crippen LogP contribution in [0.2, 0.25) is 0 Å². The molecule has 1 amide bonds. The smallest absolute Gasteiger partial charge is 0.254 e. The van der Waals surface area contributed by atoms with Crippen LogP contribution in [-0.4, -0.2) is 102 Å². The number of carbonyl (C=O) groups excluding carboxylic acids is 1. The number of anilines is 1. The van der Waals surface area contributed by atoms with Crippen molar-refractivity contribution in [2.45, 2.75) is 31.7 Å². The number of nitrogens with zero attached hydrogens (tertiary/aromatic N) is 8. The van der Waals surface area contributed by atoms with Gasteiger partial charge in [-0.15, -0.1) is 0 Å². The minimum Gasteiger partial charge on any atom is -0.375 e. The molecule has 11 heteroatoms. The van der Waals surface area contributed by atoms with E-state index in [-0.39, 0.29) is 22.3 Å². The molecule has 3 aliphatic heterocycles. The molecular formula is C34H39N8O2S+. The molecule has 3 atom stereocenters. The van der Waals surface area contributed by atoms with Crippen LogP contribution in [0.3, 0.4) is 0 Å². The quantitative estimate of drug-likeness (QED) is 0.245. The van der Waals surface area contributed by atoms with Gasteiger partial charge in [0.05, 0.1) is 37.9 Å². The van der Waals surface area contributed by atoms with E-state index in [0.29, 0.717) is 56.1 Å². The number of rotatable bonds is 6. The van der Waals surface area contributed by atoms with Crippen molar-refractivity contribution < 1.29 is 9.90 Å². The highest BCUT2D eigenvalue weighted by atomic mass is 32.1. The Balaban J connectivity index is 1.43. The van der Waals surface area contributed by atoms with Crippen LogP contribution in [-0.2, 0) is 13.0 Å². The lowest BCUT2D eigenvalue weighted by molar-refractivity contribution is -0.0135. The first-order valence-electron chi connectivity index (χ1n) is 15.5. The van der Waals surface area contributed by atoms with Crippen molar-refractivity contribution in [1.29, 1.82) is 10.5 Å². The number of likely N-dealkylation sites (N-methyl/N-ethyl adjacent to an activating group) is 1. The van der Waals surface area contributed by atoms with Crippen LogP contribution >= 0.6 is 12.8 Å². The van der Waals surface area contributed by atoms with Crippen molar-refractivity contribution in [3.8, 4) is 12.1 Å². The number of carbonyl (C=O) groups is 1. The summed E-state index contributed by atoms with van der Waals surface area (Å²) in [5, 5.41) is 32.8. The highest BCUT2D eigenvalue weighted by molar-refractivity contribution is 7.79. The number of quaternary nitrogens is 1. The first-order valence-corrected chi connectivity index (χ1v) is 15.9. The molecule has 1 aromatic heterocycles. The van der Waals surface area contributed by atoms with Gasteiger partial charge in [0.2, 0.25) is 5.82 Å². The largest absolute Gasteiger partial charge is 0.375 e. The normalized spacial score (nSPS) is 23.2. The standard InChI is InChI=1S/C34H39N8O2S/c1-3-31(43)41-19-20-42(45,23-25(41)11-13-35)33-27-12-14-40(34(44)28-10-6-8-24-7-4-5-9-26(24)28)22-30(27)29(21-36)32(37-33)39-17-15-38(2)16-18-39/h3-10,25,31,43,45H,1,11-12,14-20,22-23H2,2H3/q+1. The van der Waals surface area contributed by atoms with Crippen LogP contribution in [0.4, 0.5) is 11.6 Å². The Kier molecular flexibility index (Phi) is 8.82. The summed E-state index contributed by atoms with van der Waals surface area (Å²) >= 11 is 5.25. The molecule has 0 bridgehead atoms. The molecule has 2 saturated heterocycles. The molecule has 0 aliphatic carbocycles. The summed E-state index contributed by atoms with van der Waals surface area (Å²) in [7, 11) is 2.09. The first-order chi connectivity index (χ1) is 21.8. The highest BCUT2D eigenvalue weighted by Gasteiger charge is 2.45. The van der Waals surface area contributed by atoms with E-state index < -0.39 is 6.23 Å². The fourth-order valence-corrected chi connectivity index (χ4v) is 7.48. The average Bonchev–Trinajstić information content (AvgIpc) is 3.07. The first kappa shape index (κ1) is 31.0. The van der Waals surface area contributed by atoms with E-state index in [2.05, 4.69) is 35.6 Å². The van der Waals surface area contributed by atoms with Crippen LogP contribution in [0.1, 0.15) is 33.5 Å². The summed E-state index contributed by atoms with van der Waals surface area (Å²) in [5.41, 5.74) is 2.95. The second-order valence-electron chi connectivity index (χ2n) is 12.2. The molecule has 0 radical (unpaired) electrons. The Morgan fingerprint density at radius 1 is 1.13 bits per heavy atom. The molecule has 4 heterocycles. The monoisotopic (exact) mass is 623 g/mol. The Labute approximate surface area is 270 Å². The number of aliphatic hydroxyl groups is 1. The number of aliphatic hydroxyl groups excluding tert-OH is 1. The number of benzene rings is 2. The summed E-state index contributed by atoms with van der Waals surface area (Å²) < 4.78 is 0.179. The molecule has 3 aromatic rings. The van der Waals surface area contributed by atoms with Gasteiger partial charge in [0.15, 0.2) is 5.82 Å². The van der Waals surface area contributed by atoms with Crippen molar-refractivity contribution in [1.82, 2.24) is 23.6 Å². The summed E-state index contributed by atoms with van der Waals surface area (Å²) in [5.74, 6) is 1.35. The van der Waals surface area contributed by atoms with Gasteiger partial charge >= 0.3 is 0 Å². The number of nitriles is 2. The van der Waals surface area contributed by atoms with Gasteiger partial charge < -0.3 is 19.8 Å². The zero-order valence-electron chi connectivity index (χ0n) is 25.6. The van der Waals surface area contributed by atoms with E-state index in [1.807, 2.05) is 52.3 Å². The Bertz CT molecular complexity index is 1700. The lowest BCUT2D eigenvalue weighted by Gasteiger charge is -2.46. The Hall–Kier alpha value is -3.97. The van der Waals surface area contributed by atoms with Crippen molar-refractivity contribution in [2.24, 2.45) is 0 Å². The van der Waals surface area contributed by atoms with Gasteiger partial charge in [0.25, 0.3) is 5.91 Å². The van der Waals surface area contributed by atoms with Gasteiger partial charge in [0.1, 0.15) is 31.0 Å². The number of fused-ring (bicyclic) bond motifs is 2. The van der Waals surface area contributed by atoms with E-state index in [0.717, 1.165) is 53.9 Å². The molecular weight excluding hydrogens is 584 g/mol. The molecule has 232 valence electrons. The van der Waals surface area contributed by atoms with E-state index in [1.165, 1.54) is 6.08 Å². The summed E-state index contributed by atoms with van der Waals surface area (Å²) in [6.07, 6.45) is 1.39. The maximum Gasteiger partial charge on any atom is 0.254 e. The third kappa shape index (κ3) is 5.79. The Morgan fingerprint density at radius 3 is 2.62 bits per heavy atom. The maximum atomic E-state index is 14.1. The molecule has 2 fully saturated rings. The topological polar surface area (TPSA) is 111 Å². The van der Waals surface area contributed by atoms with Crippen LogP contribution in [0.25, 0.3) is 10.8 Å².